The summed E-state index contributed by atoms with van der Waals surface area (Å²) in [5, 5.41) is 14.3. The summed E-state index contributed by atoms with van der Waals surface area (Å²) in [6, 6.07) is 23.6. The molecular weight excluding hydrogens is 336 g/mol. The van der Waals surface area contributed by atoms with Gasteiger partial charge in [-0.2, -0.15) is 0 Å². The van der Waals surface area contributed by atoms with Crippen LogP contribution in [-0.4, -0.2) is 22.6 Å². The van der Waals surface area contributed by atoms with E-state index in [4.69, 9.17) is 0 Å². The smallest absolute Gasteiger partial charge is 0.272 e. The Morgan fingerprint density at radius 1 is 0.926 bits per heavy atom. The fraction of sp³-hybridized carbons (Fsp3) is 0.227. The van der Waals surface area contributed by atoms with Gasteiger partial charge in [-0.05, 0) is 43.0 Å². The number of nitrogens with one attached hydrogen (secondary N) is 2. The number of amides is 1. The van der Waals surface area contributed by atoms with Crippen molar-refractivity contribution in [3.8, 4) is 0 Å². The molecule has 2 N–H and O–H groups in total. The molecular formula is C22H24N4O. The molecule has 0 spiro atoms. The highest BCUT2D eigenvalue weighted by Crippen LogP contribution is 2.12. The molecule has 5 nitrogen and oxygen atoms in total. The zero-order chi connectivity index (χ0) is 18.9. The van der Waals surface area contributed by atoms with Crippen molar-refractivity contribution in [3.63, 3.8) is 0 Å². The lowest BCUT2D eigenvalue weighted by Gasteiger charge is -2.13. The fourth-order valence-electron chi connectivity index (χ4n) is 2.80. The molecule has 1 aromatic heterocycles. The molecule has 2 aromatic carbocycles. The zero-order valence-electron chi connectivity index (χ0n) is 15.4. The second-order valence-corrected chi connectivity index (χ2v) is 6.43. The summed E-state index contributed by atoms with van der Waals surface area (Å²) in [5.41, 5.74) is 2.69. The van der Waals surface area contributed by atoms with Gasteiger partial charge < -0.3 is 10.6 Å². The quantitative estimate of drug-likeness (QED) is 0.596. The standard InChI is InChI=1S/C22H24N4O/c1-17(19-12-6-3-7-13-19)24-22(27)20-14-15-21(26-25-20)23-16-8-11-18-9-4-2-5-10-18/h2-7,9-10,12-15,17H,8,11,16H2,1H3,(H,23,26)(H,24,27). The second-order valence-electron chi connectivity index (χ2n) is 6.43. The SMILES string of the molecule is CC(NC(=O)c1ccc(NCCCc2ccccc2)nn1)c1ccccc1. The summed E-state index contributed by atoms with van der Waals surface area (Å²) >= 11 is 0. The lowest BCUT2D eigenvalue weighted by Crippen LogP contribution is -2.27. The van der Waals surface area contributed by atoms with E-state index < -0.39 is 0 Å². The van der Waals surface area contributed by atoms with E-state index in [0.29, 0.717) is 11.5 Å². The molecule has 27 heavy (non-hydrogen) atoms. The number of aryl methyl sites for hydroxylation is 1. The number of rotatable bonds is 8. The third-order valence-electron chi connectivity index (χ3n) is 4.34. The van der Waals surface area contributed by atoms with Crippen LogP contribution in [0.15, 0.2) is 72.8 Å². The molecule has 1 amide bonds. The third kappa shape index (κ3) is 5.64. The van der Waals surface area contributed by atoms with Crippen LogP contribution in [0.4, 0.5) is 5.82 Å². The molecule has 0 saturated carbocycles. The predicted octanol–water partition coefficient (Wildman–Crippen LogP) is 4.01. The summed E-state index contributed by atoms with van der Waals surface area (Å²) in [6.45, 7) is 2.75. The van der Waals surface area contributed by atoms with Crippen molar-refractivity contribution < 1.29 is 4.79 Å². The van der Waals surface area contributed by atoms with Crippen molar-refractivity contribution in [1.29, 1.82) is 0 Å². The Balaban J connectivity index is 1.46. The van der Waals surface area contributed by atoms with Crippen LogP contribution in [0.3, 0.4) is 0 Å². The Hall–Kier alpha value is -3.21. The maximum atomic E-state index is 12.3. The Morgan fingerprint density at radius 3 is 2.30 bits per heavy atom. The first-order valence-electron chi connectivity index (χ1n) is 9.20. The van der Waals surface area contributed by atoms with Gasteiger partial charge in [0, 0.05) is 6.54 Å². The number of hydrogen-bond acceptors (Lipinski definition) is 4. The van der Waals surface area contributed by atoms with Gasteiger partial charge in [0.25, 0.3) is 5.91 Å². The van der Waals surface area contributed by atoms with Gasteiger partial charge in [-0.15, -0.1) is 10.2 Å². The minimum absolute atomic E-state index is 0.0868. The molecule has 0 bridgehead atoms. The van der Waals surface area contributed by atoms with Crippen LogP contribution in [0.1, 0.15) is 41.0 Å². The normalized spacial score (nSPS) is 11.6. The van der Waals surface area contributed by atoms with E-state index in [1.54, 1.807) is 12.1 Å². The van der Waals surface area contributed by atoms with Gasteiger partial charge in [-0.3, -0.25) is 4.79 Å². The molecule has 0 aliphatic heterocycles. The summed E-state index contributed by atoms with van der Waals surface area (Å²) in [5.74, 6) is 0.449. The van der Waals surface area contributed by atoms with Crippen LogP contribution in [-0.2, 0) is 6.42 Å². The monoisotopic (exact) mass is 360 g/mol. The van der Waals surface area contributed by atoms with Crippen molar-refractivity contribution in [2.24, 2.45) is 0 Å². The Kier molecular flexibility index (Phi) is 6.52. The maximum Gasteiger partial charge on any atom is 0.272 e. The molecule has 1 heterocycles. The lowest BCUT2D eigenvalue weighted by molar-refractivity contribution is 0.0934. The maximum absolute atomic E-state index is 12.3. The highest BCUT2D eigenvalue weighted by Gasteiger charge is 2.12. The molecule has 3 rings (SSSR count). The van der Waals surface area contributed by atoms with E-state index in [1.807, 2.05) is 43.3 Å². The average molecular weight is 360 g/mol. The van der Waals surface area contributed by atoms with Gasteiger partial charge in [0.2, 0.25) is 0 Å². The zero-order valence-corrected chi connectivity index (χ0v) is 15.4. The number of nitrogens with zero attached hydrogens (tertiary/aromatic N) is 2. The largest absolute Gasteiger partial charge is 0.369 e. The van der Waals surface area contributed by atoms with Crippen molar-refractivity contribution in [2.75, 3.05) is 11.9 Å². The molecule has 138 valence electrons. The van der Waals surface area contributed by atoms with Gasteiger partial charge >= 0.3 is 0 Å². The molecule has 5 heteroatoms. The molecule has 3 aromatic rings. The van der Waals surface area contributed by atoms with Crippen molar-refractivity contribution in [2.45, 2.75) is 25.8 Å². The topological polar surface area (TPSA) is 66.9 Å². The van der Waals surface area contributed by atoms with Crippen LogP contribution in [0, 0.1) is 0 Å². The number of anilines is 1. The number of carbonyl (C=O) groups is 1. The summed E-state index contributed by atoms with van der Waals surface area (Å²) in [4.78, 5) is 12.3. The summed E-state index contributed by atoms with van der Waals surface area (Å²) in [6.07, 6.45) is 2.02. The van der Waals surface area contributed by atoms with Crippen LogP contribution in [0.2, 0.25) is 0 Å². The Bertz CT molecular complexity index is 835. The minimum Gasteiger partial charge on any atom is -0.369 e. The third-order valence-corrected chi connectivity index (χ3v) is 4.34. The lowest BCUT2D eigenvalue weighted by atomic mass is 10.1. The predicted molar refractivity (Wildman–Crippen MR) is 108 cm³/mol. The van der Waals surface area contributed by atoms with E-state index >= 15 is 0 Å². The first-order valence-corrected chi connectivity index (χ1v) is 9.20. The van der Waals surface area contributed by atoms with Gasteiger partial charge in [0.15, 0.2) is 5.69 Å². The fourth-order valence-corrected chi connectivity index (χ4v) is 2.80. The van der Waals surface area contributed by atoms with Crippen molar-refractivity contribution in [3.05, 3.63) is 89.6 Å². The number of benzene rings is 2. The summed E-state index contributed by atoms with van der Waals surface area (Å²) in [7, 11) is 0. The van der Waals surface area contributed by atoms with Gasteiger partial charge in [0.1, 0.15) is 5.82 Å². The molecule has 0 saturated heterocycles. The number of carbonyl (C=O) groups excluding carboxylic acids is 1. The first kappa shape index (κ1) is 18.6. The number of hydrogen-bond donors (Lipinski definition) is 2. The van der Waals surface area contributed by atoms with Crippen LogP contribution >= 0.6 is 0 Å². The van der Waals surface area contributed by atoms with Gasteiger partial charge in [-0.25, -0.2) is 0 Å². The highest BCUT2D eigenvalue weighted by atomic mass is 16.2. The van der Waals surface area contributed by atoms with E-state index in [2.05, 4.69) is 45.1 Å². The van der Waals surface area contributed by atoms with Crippen molar-refractivity contribution in [1.82, 2.24) is 15.5 Å². The molecule has 0 aliphatic carbocycles. The Morgan fingerprint density at radius 2 is 1.63 bits per heavy atom. The Labute approximate surface area is 159 Å². The van der Waals surface area contributed by atoms with Crippen molar-refractivity contribution >= 4 is 11.7 Å². The molecule has 0 aliphatic rings. The molecule has 0 radical (unpaired) electrons. The minimum atomic E-state index is -0.227. The van der Waals surface area contributed by atoms with Crippen LogP contribution < -0.4 is 10.6 Å². The molecule has 1 unspecified atom stereocenters. The first-order chi connectivity index (χ1) is 13.2. The second kappa shape index (κ2) is 9.48. The highest BCUT2D eigenvalue weighted by molar-refractivity contribution is 5.92. The van der Waals surface area contributed by atoms with E-state index in [0.717, 1.165) is 24.9 Å². The average Bonchev–Trinajstić information content (AvgIpc) is 2.73. The van der Waals surface area contributed by atoms with Gasteiger partial charge in [-0.1, -0.05) is 60.7 Å². The van der Waals surface area contributed by atoms with E-state index in [1.165, 1.54) is 5.56 Å². The van der Waals surface area contributed by atoms with E-state index in [9.17, 15) is 4.79 Å². The van der Waals surface area contributed by atoms with Crippen LogP contribution in [0.25, 0.3) is 0 Å². The molecule has 0 fully saturated rings. The van der Waals surface area contributed by atoms with E-state index in [-0.39, 0.29) is 11.9 Å². The van der Waals surface area contributed by atoms with Crippen LogP contribution in [0.5, 0.6) is 0 Å². The van der Waals surface area contributed by atoms with Gasteiger partial charge in [0.05, 0.1) is 6.04 Å². The molecule has 1 atom stereocenters. The number of aromatic nitrogens is 2. The summed E-state index contributed by atoms with van der Waals surface area (Å²) < 4.78 is 0.